The second-order valence-corrected chi connectivity index (χ2v) is 4.75. The van der Waals surface area contributed by atoms with E-state index in [4.69, 9.17) is 5.73 Å². The highest BCUT2D eigenvalue weighted by Gasteiger charge is 2.13. The average Bonchev–Trinajstić information content (AvgIpc) is 2.53. The Hall–Kier alpha value is -0.610. The Morgan fingerprint density at radius 1 is 1.50 bits per heavy atom. The predicted octanol–water partition coefficient (Wildman–Crippen LogP) is 2.40. The molecule has 1 heterocycles. The molecule has 0 bridgehead atoms. The highest BCUT2D eigenvalue weighted by atomic mass is 32.1. The number of nitrogens with zero attached hydrogens (tertiary/aromatic N) is 2. The van der Waals surface area contributed by atoms with Crippen LogP contribution in [-0.4, -0.2) is 17.6 Å². The molecule has 0 amide bonds. The van der Waals surface area contributed by atoms with Crippen LogP contribution >= 0.6 is 11.3 Å². The van der Waals surface area contributed by atoms with Gasteiger partial charge in [0.1, 0.15) is 0 Å². The number of hydrogen-bond donors (Lipinski definition) is 1. The molecular weight excluding hydrogens is 194 g/mol. The molecule has 1 atom stereocenters. The molecule has 1 rings (SSSR count). The van der Waals surface area contributed by atoms with Gasteiger partial charge in [-0.05, 0) is 27.7 Å². The maximum Gasteiger partial charge on any atom is 0.185 e. The number of hydrogen-bond acceptors (Lipinski definition) is 4. The van der Waals surface area contributed by atoms with Gasteiger partial charge < -0.3 is 10.6 Å². The maximum absolute atomic E-state index is 5.80. The van der Waals surface area contributed by atoms with Crippen LogP contribution < -0.4 is 10.6 Å². The first-order valence-electron chi connectivity index (χ1n) is 5.04. The normalized spacial score (nSPS) is 13.3. The molecule has 0 aromatic carbocycles. The van der Waals surface area contributed by atoms with Crippen LogP contribution in [0.2, 0.25) is 0 Å². The molecule has 0 aliphatic carbocycles. The first kappa shape index (κ1) is 11.5. The summed E-state index contributed by atoms with van der Waals surface area (Å²) in [5, 5.41) is 1.08. The molecule has 1 aromatic heterocycles. The lowest BCUT2D eigenvalue weighted by molar-refractivity contribution is 0.701. The van der Waals surface area contributed by atoms with Gasteiger partial charge in [-0.1, -0.05) is 0 Å². The molecule has 1 unspecified atom stereocenters. The SMILES string of the molecule is CCN(c1ncc(C(C)N)s1)C(C)C. The molecule has 0 fully saturated rings. The van der Waals surface area contributed by atoms with Crippen molar-refractivity contribution in [2.45, 2.75) is 39.8 Å². The summed E-state index contributed by atoms with van der Waals surface area (Å²) < 4.78 is 0. The van der Waals surface area contributed by atoms with E-state index in [2.05, 4.69) is 30.7 Å². The zero-order valence-corrected chi connectivity index (χ0v) is 10.1. The summed E-state index contributed by atoms with van der Waals surface area (Å²) >= 11 is 1.69. The van der Waals surface area contributed by atoms with Gasteiger partial charge in [0.05, 0.1) is 0 Å². The molecule has 0 spiro atoms. The van der Waals surface area contributed by atoms with Gasteiger partial charge in [-0.2, -0.15) is 0 Å². The smallest absolute Gasteiger partial charge is 0.185 e. The lowest BCUT2D eigenvalue weighted by Crippen LogP contribution is -2.30. The van der Waals surface area contributed by atoms with Gasteiger partial charge in [0.15, 0.2) is 5.13 Å². The number of nitrogens with two attached hydrogens (primary N) is 1. The van der Waals surface area contributed by atoms with E-state index in [-0.39, 0.29) is 6.04 Å². The van der Waals surface area contributed by atoms with Crippen LogP contribution in [0.4, 0.5) is 5.13 Å². The van der Waals surface area contributed by atoms with Crippen molar-refractivity contribution in [1.29, 1.82) is 0 Å². The second-order valence-electron chi connectivity index (χ2n) is 3.71. The summed E-state index contributed by atoms with van der Waals surface area (Å²) in [5.41, 5.74) is 5.80. The molecule has 4 heteroatoms. The van der Waals surface area contributed by atoms with Gasteiger partial charge >= 0.3 is 0 Å². The summed E-state index contributed by atoms with van der Waals surface area (Å²) in [4.78, 5) is 7.82. The largest absolute Gasteiger partial charge is 0.346 e. The molecule has 3 nitrogen and oxygen atoms in total. The standard InChI is InChI=1S/C10H19N3S/c1-5-13(7(2)3)10-12-6-9(14-10)8(4)11/h6-8H,5,11H2,1-4H3. The van der Waals surface area contributed by atoms with Crippen LogP contribution in [0.5, 0.6) is 0 Å². The number of rotatable bonds is 4. The molecule has 0 saturated heterocycles. The van der Waals surface area contributed by atoms with E-state index >= 15 is 0 Å². The van der Waals surface area contributed by atoms with Crippen molar-refractivity contribution in [2.75, 3.05) is 11.4 Å². The van der Waals surface area contributed by atoms with E-state index in [0.29, 0.717) is 6.04 Å². The van der Waals surface area contributed by atoms with Crippen LogP contribution in [-0.2, 0) is 0 Å². The summed E-state index contributed by atoms with van der Waals surface area (Å²) in [6.07, 6.45) is 1.88. The van der Waals surface area contributed by atoms with Crippen LogP contribution in [0.1, 0.15) is 38.6 Å². The van der Waals surface area contributed by atoms with Gasteiger partial charge in [-0.25, -0.2) is 4.98 Å². The molecule has 0 radical (unpaired) electrons. The van der Waals surface area contributed by atoms with Crippen molar-refractivity contribution in [3.8, 4) is 0 Å². The fourth-order valence-corrected chi connectivity index (χ4v) is 2.41. The Labute approximate surface area is 89.9 Å². The van der Waals surface area contributed by atoms with Crippen molar-refractivity contribution in [3.63, 3.8) is 0 Å². The highest BCUT2D eigenvalue weighted by Crippen LogP contribution is 2.26. The van der Waals surface area contributed by atoms with Gasteiger partial charge in [0, 0.05) is 29.7 Å². The zero-order chi connectivity index (χ0) is 10.7. The number of anilines is 1. The minimum Gasteiger partial charge on any atom is -0.346 e. The summed E-state index contributed by atoms with van der Waals surface area (Å²) in [6, 6.07) is 0.583. The van der Waals surface area contributed by atoms with E-state index in [1.54, 1.807) is 11.3 Å². The van der Waals surface area contributed by atoms with Crippen LogP contribution in [0.15, 0.2) is 6.20 Å². The zero-order valence-electron chi connectivity index (χ0n) is 9.32. The Morgan fingerprint density at radius 3 is 2.50 bits per heavy atom. The van der Waals surface area contributed by atoms with E-state index in [1.807, 2.05) is 13.1 Å². The van der Waals surface area contributed by atoms with Crippen molar-refractivity contribution in [2.24, 2.45) is 5.73 Å². The monoisotopic (exact) mass is 213 g/mol. The van der Waals surface area contributed by atoms with Crippen LogP contribution in [0.25, 0.3) is 0 Å². The van der Waals surface area contributed by atoms with Gasteiger partial charge in [0.25, 0.3) is 0 Å². The van der Waals surface area contributed by atoms with Gasteiger partial charge in [-0.15, -0.1) is 11.3 Å². The molecule has 0 saturated carbocycles. The van der Waals surface area contributed by atoms with E-state index < -0.39 is 0 Å². The minimum absolute atomic E-state index is 0.0899. The van der Waals surface area contributed by atoms with E-state index in [1.165, 1.54) is 0 Å². The van der Waals surface area contributed by atoms with Crippen LogP contribution in [0.3, 0.4) is 0 Å². The highest BCUT2D eigenvalue weighted by molar-refractivity contribution is 7.15. The molecule has 0 aliphatic heterocycles. The first-order chi connectivity index (χ1) is 6.56. The Morgan fingerprint density at radius 2 is 2.14 bits per heavy atom. The Balaban J connectivity index is 2.84. The second kappa shape index (κ2) is 4.75. The van der Waals surface area contributed by atoms with Gasteiger partial charge in [0.2, 0.25) is 0 Å². The Kier molecular flexibility index (Phi) is 3.89. The van der Waals surface area contributed by atoms with Crippen LogP contribution in [0, 0.1) is 0 Å². The lowest BCUT2D eigenvalue weighted by atomic mass is 10.3. The van der Waals surface area contributed by atoms with Crippen molar-refractivity contribution >= 4 is 16.5 Å². The molecule has 14 heavy (non-hydrogen) atoms. The lowest BCUT2D eigenvalue weighted by Gasteiger charge is -2.24. The number of aromatic nitrogens is 1. The average molecular weight is 213 g/mol. The van der Waals surface area contributed by atoms with Crippen molar-refractivity contribution < 1.29 is 0 Å². The summed E-state index contributed by atoms with van der Waals surface area (Å²) in [5.74, 6) is 0. The van der Waals surface area contributed by atoms with E-state index in [9.17, 15) is 0 Å². The fourth-order valence-electron chi connectivity index (χ4n) is 1.34. The van der Waals surface area contributed by atoms with Crippen molar-refractivity contribution in [3.05, 3.63) is 11.1 Å². The topological polar surface area (TPSA) is 42.2 Å². The minimum atomic E-state index is 0.0899. The molecular formula is C10H19N3S. The number of thiazole rings is 1. The third kappa shape index (κ3) is 2.45. The molecule has 1 aromatic rings. The first-order valence-corrected chi connectivity index (χ1v) is 5.85. The third-order valence-electron chi connectivity index (χ3n) is 2.17. The quantitative estimate of drug-likeness (QED) is 0.835. The predicted molar refractivity (Wildman–Crippen MR) is 62.9 cm³/mol. The summed E-state index contributed by atoms with van der Waals surface area (Å²) in [6.45, 7) is 9.48. The fraction of sp³-hybridized carbons (Fsp3) is 0.700. The summed E-state index contributed by atoms with van der Waals surface area (Å²) in [7, 11) is 0. The molecule has 0 aliphatic rings. The molecule has 80 valence electrons. The van der Waals surface area contributed by atoms with E-state index in [0.717, 1.165) is 16.6 Å². The van der Waals surface area contributed by atoms with Gasteiger partial charge in [-0.3, -0.25) is 0 Å². The Bertz CT molecular complexity index is 281. The maximum atomic E-state index is 5.80. The third-order valence-corrected chi connectivity index (χ3v) is 3.41. The van der Waals surface area contributed by atoms with Crippen molar-refractivity contribution in [1.82, 2.24) is 4.98 Å². The molecule has 2 N–H and O–H groups in total.